The number of aromatic hydroxyl groups is 2. The monoisotopic (exact) mass is 266 g/mol. The van der Waals surface area contributed by atoms with Crippen molar-refractivity contribution < 1.29 is 33.3 Å². The molecule has 0 bridgehead atoms. The Morgan fingerprint density at radius 1 is 1.17 bits per heavy atom. The van der Waals surface area contributed by atoms with Crippen molar-refractivity contribution in [2.45, 2.75) is 25.9 Å². The average molecular weight is 266 g/mol. The van der Waals surface area contributed by atoms with Gasteiger partial charge < -0.3 is 15.3 Å². The van der Waals surface area contributed by atoms with Gasteiger partial charge in [-0.25, -0.2) is 4.79 Å². The first-order chi connectivity index (χ1) is 8.07. The molecular weight excluding hydrogens is 253 g/mol. The van der Waals surface area contributed by atoms with Crippen LogP contribution in [-0.2, 0) is 4.79 Å². The van der Waals surface area contributed by atoms with Crippen molar-refractivity contribution in [1.29, 1.82) is 0 Å². The van der Waals surface area contributed by atoms with E-state index in [4.69, 9.17) is 9.90 Å². The largest absolute Gasteiger partial charge is 0.508 e. The second-order valence-corrected chi connectivity index (χ2v) is 3.67. The molecule has 102 valence electrons. The molecule has 0 unspecified atom stereocenters. The molecule has 7 heteroatoms. The highest BCUT2D eigenvalue weighted by atomic mass is 19.4. The van der Waals surface area contributed by atoms with Crippen LogP contribution in [0.2, 0.25) is 0 Å². The van der Waals surface area contributed by atoms with Gasteiger partial charge in [0.2, 0.25) is 0 Å². The number of hydrogen-bond acceptors (Lipinski definition) is 3. The maximum atomic E-state index is 10.6. The fourth-order valence-electron chi connectivity index (χ4n) is 1.13. The van der Waals surface area contributed by atoms with Crippen LogP contribution < -0.4 is 0 Å². The van der Waals surface area contributed by atoms with E-state index < -0.39 is 12.1 Å². The third kappa shape index (κ3) is 4.94. The molecule has 0 aromatic heterocycles. The molecule has 0 aliphatic rings. The number of alkyl halides is 3. The minimum Gasteiger partial charge on any atom is -0.508 e. The van der Waals surface area contributed by atoms with Gasteiger partial charge in [0.05, 0.1) is 0 Å². The lowest BCUT2D eigenvalue weighted by Gasteiger charge is -2.09. The molecule has 1 aromatic rings. The van der Waals surface area contributed by atoms with Gasteiger partial charge in [-0.3, -0.25) is 0 Å². The van der Waals surface area contributed by atoms with E-state index in [-0.39, 0.29) is 17.4 Å². The van der Waals surface area contributed by atoms with Gasteiger partial charge in [-0.1, -0.05) is 19.9 Å². The molecule has 0 saturated heterocycles. The van der Waals surface area contributed by atoms with Crippen molar-refractivity contribution in [2.24, 2.45) is 0 Å². The Morgan fingerprint density at radius 3 is 1.67 bits per heavy atom. The molecule has 0 heterocycles. The quantitative estimate of drug-likeness (QED) is 0.730. The third-order valence-electron chi connectivity index (χ3n) is 1.88. The van der Waals surface area contributed by atoms with E-state index in [2.05, 4.69) is 0 Å². The van der Waals surface area contributed by atoms with Crippen LogP contribution >= 0.6 is 0 Å². The van der Waals surface area contributed by atoms with Crippen LogP contribution in [-0.4, -0.2) is 27.5 Å². The molecule has 0 spiro atoms. The summed E-state index contributed by atoms with van der Waals surface area (Å²) in [7, 11) is 0. The Bertz CT molecular complexity index is 393. The van der Waals surface area contributed by atoms with Gasteiger partial charge in [-0.15, -0.1) is 0 Å². The zero-order valence-corrected chi connectivity index (χ0v) is 9.69. The highest BCUT2D eigenvalue weighted by molar-refractivity contribution is 5.73. The Balaban J connectivity index is 0.000000360. The molecule has 0 aliphatic carbocycles. The standard InChI is InChI=1S/C9H12O2.C2HF3O2/c1-6(2)9-7(10)4-3-5-8(9)11;3-2(4,5)1(6)7/h3-6,10-11H,1-2H3;(H,6,7). The molecule has 0 fully saturated rings. The van der Waals surface area contributed by atoms with E-state index >= 15 is 0 Å². The van der Waals surface area contributed by atoms with Gasteiger partial charge in [-0.2, -0.15) is 13.2 Å². The van der Waals surface area contributed by atoms with E-state index in [1.54, 1.807) is 18.2 Å². The Labute approximate surface area is 101 Å². The highest BCUT2D eigenvalue weighted by Gasteiger charge is 2.38. The first-order valence-corrected chi connectivity index (χ1v) is 4.88. The molecule has 0 saturated carbocycles. The van der Waals surface area contributed by atoms with Crippen LogP contribution in [0, 0.1) is 0 Å². The first kappa shape index (κ1) is 16.1. The molecule has 4 nitrogen and oxygen atoms in total. The lowest BCUT2D eigenvalue weighted by Crippen LogP contribution is -2.21. The summed E-state index contributed by atoms with van der Waals surface area (Å²) in [6.07, 6.45) is -5.08. The van der Waals surface area contributed by atoms with Crippen LogP contribution in [0.1, 0.15) is 25.3 Å². The molecule has 3 N–H and O–H groups in total. The number of hydrogen-bond donors (Lipinski definition) is 3. The minimum atomic E-state index is -5.08. The van der Waals surface area contributed by atoms with E-state index in [1.165, 1.54) is 0 Å². The summed E-state index contributed by atoms with van der Waals surface area (Å²) in [5, 5.41) is 25.7. The van der Waals surface area contributed by atoms with E-state index in [0.29, 0.717) is 5.56 Å². The zero-order chi connectivity index (χ0) is 14.5. The molecule has 0 atom stereocenters. The number of phenolic OH excluding ortho intramolecular Hbond substituents is 2. The van der Waals surface area contributed by atoms with Crippen molar-refractivity contribution in [3.05, 3.63) is 23.8 Å². The molecule has 0 aliphatic heterocycles. The number of rotatable bonds is 1. The van der Waals surface area contributed by atoms with Gasteiger partial charge in [0.25, 0.3) is 0 Å². The Kier molecular flexibility index (Phi) is 5.48. The molecule has 0 radical (unpaired) electrons. The van der Waals surface area contributed by atoms with Crippen LogP contribution in [0.25, 0.3) is 0 Å². The van der Waals surface area contributed by atoms with Crippen LogP contribution in [0.3, 0.4) is 0 Å². The summed E-state index contributed by atoms with van der Waals surface area (Å²) in [6, 6.07) is 4.78. The second kappa shape index (κ2) is 6.13. The van der Waals surface area contributed by atoms with Crippen molar-refractivity contribution >= 4 is 5.97 Å². The molecule has 0 amide bonds. The van der Waals surface area contributed by atoms with E-state index in [1.807, 2.05) is 13.8 Å². The van der Waals surface area contributed by atoms with Gasteiger partial charge in [0.15, 0.2) is 0 Å². The Morgan fingerprint density at radius 2 is 1.50 bits per heavy atom. The first-order valence-electron chi connectivity index (χ1n) is 4.88. The van der Waals surface area contributed by atoms with Crippen molar-refractivity contribution in [1.82, 2.24) is 0 Å². The summed E-state index contributed by atoms with van der Waals surface area (Å²) in [6.45, 7) is 3.85. The number of phenols is 2. The average Bonchev–Trinajstić information content (AvgIpc) is 2.15. The summed E-state index contributed by atoms with van der Waals surface area (Å²) < 4.78 is 31.7. The number of benzene rings is 1. The van der Waals surface area contributed by atoms with Crippen LogP contribution in [0.5, 0.6) is 11.5 Å². The number of aliphatic carboxylic acids is 1. The lowest BCUT2D eigenvalue weighted by molar-refractivity contribution is -0.192. The molecular formula is C11H13F3O4. The van der Waals surface area contributed by atoms with E-state index in [0.717, 1.165) is 0 Å². The number of carboxylic acid groups (broad SMARTS) is 1. The summed E-state index contributed by atoms with van der Waals surface area (Å²) in [4.78, 5) is 8.90. The lowest BCUT2D eigenvalue weighted by atomic mass is 10.0. The summed E-state index contributed by atoms with van der Waals surface area (Å²) >= 11 is 0. The summed E-state index contributed by atoms with van der Waals surface area (Å²) in [5.41, 5.74) is 0.618. The van der Waals surface area contributed by atoms with Crippen molar-refractivity contribution in [3.8, 4) is 11.5 Å². The number of halogens is 3. The maximum absolute atomic E-state index is 10.6. The predicted octanol–water partition coefficient (Wildman–Crippen LogP) is 2.85. The predicted molar refractivity (Wildman–Crippen MR) is 57.6 cm³/mol. The fraction of sp³-hybridized carbons (Fsp3) is 0.364. The van der Waals surface area contributed by atoms with E-state index in [9.17, 15) is 23.4 Å². The van der Waals surface area contributed by atoms with Crippen molar-refractivity contribution in [2.75, 3.05) is 0 Å². The van der Waals surface area contributed by atoms with Crippen molar-refractivity contribution in [3.63, 3.8) is 0 Å². The fourth-order valence-corrected chi connectivity index (χ4v) is 1.13. The summed E-state index contributed by atoms with van der Waals surface area (Å²) in [5.74, 6) is -2.27. The SMILES string of the molecule is CC(C)c1c(O)cccc1O.O=C(O)C(F)(F)F. The molecule has 1 aromatic carbocycles. The zero-order valence-electron chi connectivity index (χ0n) is 9.69. The van der Waals surface area contributed by atoms with Crippen LogP contribution in [0.4, 0.5) is 13.2 Å². The van der Waals surface area contributed by atoms with Gasteiger partial charge >= 0.3 is 12.1 Å². The minimum absolute atomic E-state index is 0.149. The molecule has 1 rings (SSSR count). The van der Waals surface area contributed by atoms with Gasteiger partial charge in [-0.05, 0) is 18.1 Å². The third-order valence-corrected chi connectivity index (χ3v) is 1.88. The number of carbonyl (C=O) groups is 1. The highest BCUT2D eigenvalue weighted by Crippen LogP contribution is 2.32. The normalized spacial score (nSPS) is 10.8. The van der Waals surface area contributed by atoms with Gasteiger partial charge in [0.1, 0.15) is 11.5 Å². The maximum Gasteiger partial charge on any atom is 0.490 e. The topological polar surface area (TPSA) is 77.8 Å². The van der Waals surface area contributed by atoms with Crippen LogP contribution in [0.15, 0.2) is 18.2 Å². The molecule has 18 heavy (non-hydrogen) atoms. The Hall–Kier alpha value is -1.92. The smallest absolute Gasteiger partial charge is 0.490 e. The van der Waals surface area contributed by atoms with Gasteiger partial charge in [0, 0.05) is 5.56 Å². The number of carboxylic acids is 1. The second-order valence-electron chi connectivity index (χ2n) is 3.67.